The van der Waals surface area contributed by atoms with Crippen LogP contribution in [-0.4, -0.2) is 35.5 Å². The Labute approximate surface area is 175 Å². The van der Waals surface area contributed by atoms with Gasteiger partial charge in [-0.15, -0.1) is 0 Å². The van der Waals surface area contributed by atoms with Gasteiger partial charge in [0.25, 0.3) is 5.91 Å². The van der Waals surface area contributed by atoms with Gasteiger partial charge in [-0.25, -0.2) is 0 Å². The standard InChI is InChI=1S/C21H24N4O3S/c1-28-18-10-6-15(7-11-18)13-22-21(29)24-23-20(27)17-8-4-16(5-9-17)14-25-12-2-3-19(25)26/h4-11H,2-3,12-14H2,1H3,(H,23,27)(H2,22,24,29). The fourth-order valence-corrected chi connectivity index (χ4v) is 3.13. The van der Waals surface area contributed by atoms with E-state index in [2.05, 4.69) is 16.2 Å². The molecule has 3 rings (SSSR count). The molecule has 8 heteroatoms. The molecule has 2 aromatic carbocycles. The lowest BCUT2D eigenvalue weighted by molar-refractivity contribution is -0.128. The number of benzene rings is 2. The Bertz CT molecular complexity index is 868. The van der Waals surface area contributed by atoms with Crippen LogP contribution in [0, 0.1) is 0 Å². The summed E-state index contributed by atoms with van der Waals surface area (Å²) in [6, 6.07) is 14.8. The summed E-state index contributed by atoms with van der Waals surface area (Å²) in [5.74, 6) is 0.689. The van der Waals surface area contributed by atoms with Gasteiger partial charge >= 0.3 is 0 Å². The van der Waals surface area contributed by atoms with Crippen molar-refractivity contribution in [2.75, 3.05) is 13.7 Å². The zero-order chi connectivity index (χ0) is 20.6. The predicted octanol–water partition coefficient (Wildman–Crippen LogP) is 2.13. The predicted molar refractivity (Wildman–Crippen MR) is 114 cm³/mol. The minimum atomic E-state index is -0.289. The van der Waals surface area contributed by atoms with Crippen LogP contribution in [0.4, 0.5) is 0 Å². The van der Waals surface area contributed by atoms with Crippen LogP contribution in [0.2, 0.25) is 0 Å². The molecule has 1 aliphatic rings. The van der Waals surface area contributed by atoms with Crippen LogP contribution in [-0.2, 0) is 17.9 Å². The van der Waals surface area contributed by atoms with Crippen LogP contribution in [0.1, 0.15) is 34.3 Å². The molecule has 3 N–H and O–H groups in total. The van der Waals surface area contributed by atoms with Crippen molar-refractivity contribution in [3.05, 3.63) is 65.2 Å². The Balaban J connectivity index is 1.42. The number of carbonyl (C=O) groups excluding carboxylic acids is 2. The maximum atomic E-state index is 12.3. The van der Waals surface area contributed by atoms with Crippen molar-refractivity contribution in [3.63, 3.8) is 0 Å². The molecule has 29 heavy (non-hydrogen) atoms. The fourth-order valence-electron chi connectivity index (χ4n) is 3.01. The number of hydrogen-bond acceptors (Lipinski definition) is 4. The average molecular weight is 413 g/mol. The molecule has 1 saturated heterocycles. The van der Waals surface area contributed by atoms with Crippen molar-refractivity contribution < 1.29 is 14.3 Å². The first-order chi connectivity index (χ1) is 14.0. The van der Waals surface area contributed by atoms with Crippen LogP contribution in [0.5, 0.6) is 5.75 Å². The molecule has 2 aromatic rings. The van der Waals surface area contributed by atoms with E-state index in [1.807, 2.05) is 41.3 Å². The second-order valence-corrected chi connectivity index (χ2v) is 7.13. The number of hydrogen-bond donors (Lipinski definition) is 3. The number of amides is 2. The second-order valence-electron chi connectivity index (χ2n) is 6.73. The third kappa shape index (κ3) is 5.92. The van der Waals surface area contributed by atoms with Gasteiger partial charge in [0, 0.05) is 31.6 Å². The zero-order valence-corrected chi connectivity index (χ0v) is 17.1. The largest absolute Gasteiger partial charge is 0.497 e. The summed E-state index contributed by atoms with van der Waals surface area (Å²) >= 11 is 5.18. The highest BCUT2D eigenvalue weighted by atomic mass is 32.1. The second kappa shape index (κ2) is 9.88. The Hall–Kier alpha value is -3.13. The minimum Gasteiger partial charge on any atom is -0.497 e. The number of carbonyl (C=O) groups is 2. The van der Waals surface area contributed by atoms with E-state index in [-0.39, 0.29) is 11.8 Å². The molecule has 0 aromatic heterocycles. The van der Waals surface area contributed by atoms with Crippen LogP contribution in [0.15, 0.2) is 48.5 Å². The Morgan fingerprint density at radius 3 is 2.38 bits per heavy atom. The normalized spacial score (nSPS) is 13.1. The first-order valence-electron chi connectivity index (χ1n) is 9.39. The molecule has 1 aliphatic heterocycles. The number of likely N-dealkylation sites (tertiary alicyclic amines) is 1. The Kier molecular flexibility index (Phi) is 7.02. The molecular weight excluding hydrogens is 388 g/mol. The summed E-state index contributed by atoms with van der Waals surface area (Å²) in [4.78, 5) is 25.8. The maximum absolute atomic E-state index is 12.3. The van der Waals surface area contributed by atoms with E-state index >= 15 is 0 Å². The van der Waals surface area contributed by atoms with Crippen molar-refractivity contribution in [1.29, 1.82) is 0 Å². The molecule has 1 heterocycles. The van der Waals surface area contributed by atoms with Crippen molar-refractivity contribution in [2.45, 2.75) is 25.9 Å². The molecule has 0 radical (unpaired) electrons. The average Bonchev–Trinajstić information content (AvgIpc) is 3.15. The smallest absolute Gasteiger partial charge is 0.269 e. The van der Waals surface area contributed by atoms with E-state index in [4.69, 9.17) is 17.0 Å². The monoisotopic (exact) mass is 412 g/mol. The van der Waals surface area contributed by atoms with Crippen molar-refractivity contribution in [3.8, 4) is 5.75 Å². The zero-order valence-electron chi connectivity index (χ0n) is 16.2. The first kappa shape index (κ1) is 20.6. The molecule has 0 bridgehead atoms. The van der Waals surface area contributed by atoms with Gasteiger partial charge in [0.15, 0.2) is 5.11 Å². The molecule has 1 fully saturated rings. The molecule has 0 aliphatic carbocycles. The van der Waals surface area contributed by atoms with Gasteiger partial charge < -0.3 is 15.0 Å². The maximum Gasteiger partial charge on any atom is 0.269 e. The highest BCUT2D eigenvalue weighted by Gasteiger charge is 2.20. The third-order valence-corrected chi connectivity index (χ3v) is 4.91. The van der Waals surface area contributed by atoms with E-state index in [0.29, 0.717) is 30.2 Å². The minimum absolute atomic E-state index is 0.187. The molecule has 0 unspecified atom stereocenters. The van der Waals surface area contributed by atoms with Crippen LogP contribution in [0.25, 0.3) is 0 Å². The van der Waals surface area contributed by atoms with Gasteiger partial charge in [0.05, 0.1) is 7.11 Å². The van der Waals surface area contributed by atoms with Crippen LogP contribution < -0.4 is 20.9 Å². The fraction of sp³-hybridized carbons (Fsp3) is 0.286. The lowest BCUT2D eigenvalue weighted by Crippen LogP contribution is -2.46. The van der Waals surface area contributed by atoms with E-state index in [1.165, 1.54) is 0 Å². The number of methoxy groups -OCH3 is 1. The highest BCUT2D eigenvalue weighted by molar-refractivity contribution is 7.80. The molecule has 0 saturated carbocycles. The molecule has 7 nitrogen and oxygen atoms in total. The number of nitrogens with zero attached hydrogens (tertiary/aromatic N) is 1. The summed E-state index contributed by atoms with van der Waals surface area (Å²) in [5.41, 5.74) is 7.82. The molecule has 0 atom stereocenters. The van der Waals surface area contributed by atoms with E-state index in [0.717, 1.165) is 29.8 Å². The molecular formula is C21H24N4O3S. The molecule has 0 spiro atoms. The molecule has 152 valence electrons. The van der Waals surface area contributed by atoms with Gasteiger partial charge in [0.2, 0.25) is 5.91 Å². The van der Waals surface area contributed by atoms with E-state index < -0.39 is 0 Å². The number of hydrazine groups is 1. The van der Waals surface area contributed by atoms with Crippen molar-refractivity contribution >= 4 is 29.1 Å². The Morgan fingerprint density at radius 1 is 1.07 bits per heavy atom. The lowest BCUT2D eigenvalue weighted by Gasteiger charge is -2.15. The number of nitrogens with one attached hydrogen (secondary N) is 3. The number of rotatable bonds is 6. The quantitative estimate of drug-likeness (QED) is 0.498. The van der Waals surface area contributed by atoms with Gasteiger partial charge in [-0.1, -0.05) is 24.3 Å². The third-order valence-electron chi connectivity index (χ3n) is 4.66. The lowest BCUT2D eigenvalue weighted by atomic mass is 10.1. The summed E-state index contributed by atoms with van der Waals surface area (Å²) < 4.78 is 5.12. The van der Waals surface area contributed by atoms with Gasteiger partial charge in [-0.05, 0) is 54.0 Å². The number of ether oxygens (including phenoxy) is 1. The summed E-state index contributed by atoms with van der Waals surface area (Å²) in [7, 11) is 1.62. The molecule has 2 amide bonds. The number of thiocarbonyl (C=S) groups is 1. The first-order valence-corrected chi connectivity index (χ1v) is 9.80. The van der Waals surface area contributed by atoms with E-state index in [1.54, 1.807) is 19.2 Å². The highest BCUT2D eigenvalue weighted by Crippen LogP contribution is 2.15. The Morgan fingerprint density at radius 2 is 1.76 bits per heavy atom. The SMILES string of the molecule is COc1ccc(CNC(=S)NNC(=O)c2ccc(CN3CCCC3=O)cc2)cc1. The van der Waals surface area contributed by atoms with Crippen molar-refractivity contribution in [2.24, 2.45) is 0 Å². The van der Waals surface area contributed by atoms with Gasteiger partial charge in [0.1, 0.15) is 5.75 Å². The summed E-state index contributed by atoms with van der Waals surface area (Å²) in [5, 5.41) is 3.34. The summed E-state index contributed by atoms with van der Waals surface area (Å²) in [6.45, 7) is 1.90. The topological polar surface area (TPSA) is 82.7 Å². The summed E-state index contributed by atoms with van der Waals surface area (Å²) in [6.07, 6.45) is 1.54. The van der Waals surface area contributed by atoms with Crippen LogP contribution in [0.3, 0.4) is 0 Å². The van der Waals surface area contributed by atoms with Crippen molar-refractivity contribution in [1.82, 2.24) is 21.1 Å². The van der Waals surface area contributed by atoms with Crippen LogP contribution >= 0.6 is 12.2 Å². The van der Waals surface area contributed by atoms with Gasteiger partial charge in [-0.2, -0.15) is 0 Å². The van der Waals surface area contributed by atoms with E-state index in [9.17, 15) is 9.59 Å². The van der Waals surface area contributed by atoms with Gasteiger partial charge in [-0.3, -0.25) is 20.4 Å².